The summed E-state index contributed by atoms with van der Waals surface area (Å²) in [5.41, 5.74) is 0.282. The maximum atomic E-state index is 12.7. The summed E-state index contributed by atoms with van der Waals surface area (Å²) in [5, 5.41) is 12.9. The lowest BCUT2D eigenvalue weighted by atomic mass is 9.95. The number of β-amino-alcohol motifs (C(OH)–C–C–N with tert-alkyl or cyclic N) is 1. The number of benzene rings is 2. The van der Waals surface area contributed by atoms with E-state index < -0.39 is 11.7 Å². The molecule has 2 N–H and O–H groups in total. The molecule has 1 fully saturated rings. The molecule has 0 amide bonds. The minimum Gasteiger partial charge on any atom is -0.486 e. The number of aliphatic hydroxyl groups excluding tert-OH is 1. The number of aliphatic hydroxyl groups is 1. The van der Waals surface area contributed by atoms with Crippen molar-refractivity contribution in [3.05, 3.63) is 65.7 Å². The number of alkyl halides is 3. The molecule has 3 nitrogen and oxygen atoms in total. The van der Waals surface area contributed by atoms with Crippen molar-refractivity contribution in [1.29, 1.82) is 0 Å². The second-order valence-electron chi connectivity index (χ2n) is 6.61. The van der Waals surface area contributed by atoms with Crippen molar-refractivity contribution in [3.63, 3.8) is 0 Å². The first-order chi connectivity index (χ1) is 12.4. The van der Waals surface area contributed by atoms with Gasteiger partial charge in [-0.2, -0.15) is 13.2 Å². The van der Waals surface area contributed by atoms with Crippen molar-refractivity contribution in [3.8, 4) is 5.75 Å². The van der Waals surface area contributed by atoms with E-state index in [1.54, 1.807) is 0 Å². The number of hydrogen-bond acceptors (Lipinski definition) is 3. The van der Waals surface area contributed by atoms with E-state index in [1.807, 2.05) is 30.3 Å². The molecule has 3 rings (SSSR count). The Labute approximate surface area is 150 Å². The standard InChI is InChI=1S/C20H22F3NO2/c21-20(22,23)15-6-10-18(11-7-15)26-19(14-4-2-1-3-5-14)12-16-8-9-17(25)13-24-16/h1-7,10-11,16-17,19,24-25H,8-9,12-13H2. The van der Waals surface area contributed by atoms with Crippen LogP contribution in [-0.2, 0) is 6.18 Å². The molecule has 0 aliphatic carbocycles. The van der Waals surface area contributed by atoms with Gasteiger partial charge in [-0.1, -0.05) is 30.3 Å². The summed E-state index contributed by atoms with van der Waals surface area (Å²) in [6, 6.07) is 14.6. The van der Waals surface area contributed by atoms with Crippen LogP contribution in [0.3, 0.4) is 0 Å². The van der Waals surface area contributed by atoms with Gasteiger partial charge in [-0.3, -0.25) is 0 Å². The largest absolute Gasteiger partial charge is 0.486 e. The number of halogens is 3. The topological polar surface area (TPSA) is 41.5 Å². The fourth-order valence-corrected chi connectivity index (χ4v) is 3.17. The molecular formula is C20H22F3NO2. The van der Waals surface area contributed by atoms with Crippen LogP contribution in [0.1, 0.15) is 36.5 Å². The van der Waals surface area contributed by atoms with Gasteiger partial charge in [-0.05, 0) is 42.7 Å². The van der Waals surface area contributed by atoms with Crippen LogP contribution in [0.4, 0.5) is 13.2 Å². The van der Waals surface area contributed by atoms with Crippen LogP contribution in [0.15, 0.2) is 54.6 Å². The fraction of sp³-hybridized carbons (Fsp3) is 0.400. The molecule has 3 atom stereocenters. The van der Waals surface area contributed by atoms with E-state index in [1.165, 1.54) is 12.1 Å². The van der Waals surface area contributed by atoms with Crippen molar-refractivity contribution >= 4 is 0 Å². The van der Waals surface area contributed by atoms with Crippen molar-refractivity contribution in [1.82, 2.24) is 5.32 Å². The molecule has 26 heavy (non-hydrogen) atoms. The molecule has 1 aliphatic heterocycles. The van der Waals surface area contributed by atoms with Gasteiger partial charge in [0.1, 0.15) is 11.9 Å². The third-order valence-electron chi connectivity index (χ3n) is 4.62. The van der Waals surface area contributed by atoms with E-state index >= 15 is 0 Å². The first kappa shape index (κ1) is 18.7. The van der Waals surface area contributed by atoms with Crippen LogP contribution in [0.5, 0.6) is 5.75 Å². The Bertz CT molecular complexity index is 680. The zero-order valence-electron chi connectivity index (χ0n) is 14.2. The minimum atomic E-state index is -4.36. The molecule has 0 radical (unpaired) electrons. The maximum Gasteiger partial charge on any atom is 0.416 e. The molecule has 6 heteroatoms. The summed E-state index contributed by atoms with van der Waals surface area (Å²) < 4.78 is 44.2. The van der Waals surface area contributed by atoms with Crippen LogP contribution >= 0.6 is 0 Å². The number of nitrogens with one attached hydrogen (secondary N) is 1. The molecule has 1 aliphatic rings. The van der Waals surface area contributed by atoms with Crippen molar-refractivity contribution in [2.75, 3.05) is 6.54 Å². The van der Waals surface area contributed by atoms with Crippen molar-refractivity contribution in [2.45, 2.75) is 43.7 Å². The lowest BCUT2D eigenvalue weighted by Crippen LogP contribution is -2.42. The summed E-state index contributed by atoms with van der Waals surface area (Å²) in [7, 11) is 0. The van der Waals surface area contributed by atoms with E-state index in [-0.39, 0.29) is 18.2 Å². The van der Waals surface area contributed by atoms with E-state index in [0.717, 1.165) is 30.5 Å². The van der Waals surface area contributed by atoms with E-state index in [4.69, 9.17) is 4.74 Å². The summed E-state index contributed by atoms with van der Waals surface area (Å²) >= 11 is 0. The zero-order valence-corrected chi connectivity index (χ0v) is 14.2. The van der Waals surface area contributed by atoms with Crippen LogP contribution < -0.4 is 10.1 Å². The predicted molar refractivity (Wildman–Crippen MR) is 92.9 cm³/mol. The molecule has 2 aromatic carbocycles. The molecule has 1 saturated heterocycles. The summed E-state index contributed by atoms with van der Waals surface area (Å²) in [4.78, 5) is 0. The highest BCUT2D eigenvalue weighted by Crippen LogP contribution is 2.32. The normalized spacial score (nSPS) is 22.0. The average molecular weight is 365 g/mol. The Morgan fingerprint density at radius 1 is 1.04 bits per heavy atom. The first-order valence-electron chi connectivity index (χ1n) is 8.72. The molecule has 0 saturated carbocycles. The molecule has 1 heterocycles. The smallest absolute Gasteiger partial charge is 0.416 e. The minimum absolute atomic E-state index is 0.193. The van der Waals surface area contributed by atoms with Gasteiger partial charge in [-0.25, -0.2) is 0 Å². The van der Waals surface area contributed by atoms with Gasteiger partial charge in [-0.15, -0.1) is 0 Å². The highest BCUT2D eigenvalue weighted by molar-refractivity contribution is 5.30. The van der Waals surface area contributed by atoms with Gasteiger partial charge in [0.05, 0.1) is 11.7 Å². The Balaban J connectivity index is 1.73. The lowest BCUT2D eigenvalue weighted by Gasteiger charge is -2.30. The molecule has 0 aromatic heterocycles. The summed E-state index contributed by atoms with van der Waals surface area (Å²) in [5.74, 6) is 0.405. The molecule has 0 spiro atoms. The molecule has 3 unspecified atom stereocenters. The molecule has 140 valence electrons. The Morgan fingerprint density at radius 2 is 1.73 bits per heavy atom. The monoisotopic (exact) mass is 365 g/mol. The lowest BCUT2D eigenvalue weighted by molar-refractivity contribution is -0.137. The van der Waals surface area contributed by atoms with Crippen LogP contribution in [0.25, 0.3) is 0 Å². The average Bonchev–Trinajstić information content (AvgIpc) is 2.63. The van der Waals surface area contributed by atoms with E-state index in [9.17, 15) is 18.3 Å². The third-order valence-corrected chi connectivity index (χ3v) is 4.62. The number of hydrogen-bond donors (Lipinski definition) is 2. The Hall–Kier alpha value is -2.05. The highest BCUT2D eigenvalue weighted by Gasteiger charge is 2.30. The molecule has 2 aromatic rings. The van der Waals surface area contributed by atoms with Crippen LogP contribution in [0.2, 0.25) is 0 Å². The maximum absolute atomic E-state index is 12.7. The van der Waals surface area contributed by atoms with E-state index in [0.29, 0.717) is 18.7 Å². The van der Waals surface area contributed by atoms with Crippen molar-refractivity contribution in [2.24, 2.45) is 0 Å². The second kappa shape index (κ2) is 8.10. The fourth-order valence-electron chi connectivity index (χ4n) is 3.17. The van der Waals surface area contributed by atoms with Gasteiger partial charge < -0.3 is 15.2 Å². The van der Waals surface area contributed by atoms with Gasteiger partial charge in [0.25, 0.3) is 0 Å². The van der Waals surface area contributed by atoms with Crippen LogP contribution in [-0.4, -0.2) is 23.8 Å². The summed E-state index contributed by atoms with van der Waals surface area (Å²) in [6.45, 7) is 0.548. The number of piperidine rings is 1. The molecule has 0 bridgehead atoms. The van der Waals surface area contributed by atoms with Gasteiger partial charge in [0, 0.05) is 19.0 Å². The predicted octanol–water partition coefficient (Wildman–Crippen LogP) is 4.33. The number of ether oxygens (including phenoxy) is 1. The quantitative estimate of drug-likeness (QED) is 0.829. The van der Waals surface area contributed by atoms with E-state index in [2.05, 4.69) is 5.32 Å². The Kier molecular flexibility index (Phi) is 5.84. The van der Waals surface area contributed by atoms with Crippen molar-refractivity contribution < 1.29 is 23.0 Å². The van der Waals surface area contributed by atoms with Gasteiger partial charge in [0.2, 0.25) is 0 Å². The van der Waals surface area contributed by atoms with Crippen LogP contribution in [0, 0.1) is 0 Å². The zero-order chi connectivity index (χ0) is 18.6. The second-order valence-corrected chi connectivity index (χ2v) is 6.61. The summed E-state index contributed by atoms with van der Waals surface area (Å²) in [6.07, 6.45) is -2.71. The van der Waals surface area contributed by atoms with Gasteiger partial charge >= 0.3 is 6.18 Å². The SMILES string of the molecule is OC1CCC(CC(Oc2ccc(C(F)(F)F)cc2)c2ccccc2)NC1. The number of rotatable bonds is 5. The Morgan fingerprint density at radius 3 is 2.31 bits per heavy atom. The highest BCUT2D eigenvalue weighted by atomic mass is 19.4. The third kappa shape index (κ3) is 4.99. The first-order valence-corrected chi connectivity index (χ1v) is 8.72. The van der Waals surface area contributed by atoms with Gasteiger partial charge in [0.15, 0.2) is 0 Å². The molecular weight excluding hydrogens is 343 g/mol.